The van der Waals surface area contributed by atoms with Gasteiger partial charge in [-0.25, -0.2) is 9.07 Å². The van der Waals surface area contributed by atoms with E-state index >= 15 is 0 Å². The van der Waals surface area contributed by atoms with E-state index < -0.39 is 0 Å². The van der Waals surface area contributed by atoms with E-state index in [9.17, 15) is 4.39 Å². The van der Waals surface area contributed by atoms with E-state index in [0.29, 0.717) is 6.54 Å². The molecule has 4 rings (SSSR count). The smallest absolute Gasteiger partial charge is 0.193 e. The van der Waals surface area contributed by atoms with Gasteiger partial charge >= 0.3 is 0 Å². The van der Waals surface area contributed by atoms with Gasteiger partial charge in [0.1, 0.15) is 5.82 Å². The normalized spacial score (nSPS) is 19.6. The highest BCUT2D eigenvalue weighted by Gasteiger charge is 2.27. The highest BCUT2D eigenvalue weighted by atomic mass is 127. The number of nitrogens with one attached hydrogen (secondary N) is 1. The van der Waals surface area contributed by atoms with Crippen LogP contribution in [0.15, 0.2) is 41.5 Å². The van der Waals surface area contributed by atoms with Crippen LogP contribution in [0.2, 0.25) is 0 Å². The summed E-state index contributed by atoms with van der Waals surface area (Å²) < 4.78 is 14.9. The minimum atomic E-state index is -0.235. The molecule has 2 aliphatic rings. The molecule has 1 unspecified atom stereocenters. The number of likely N-dealkylation sites (tertiary alicyclic amines) is 2. The Balaban J connectivity index is 0.00000272. The van der Waals surface area contributed by atoms with Gasteiger partial charge in [0, 0.05) is 45.3 Å². The van der Waals surface area contributed by atoms with Crippen LogP contribution >= 0.6 is 24.0 Å². The van der Waals surface area contributed by atoms with Gasteiger partial charge in [-0.1, -0.05) is 0 Å². The molecule has 0 saturated carbocycles. The van der Waals surface area contributed by atoms with Crippen LogP contribution in [-0.4, -0.2) is 71.4 Å². The van der Waals surface area contributed by atoms with Crippen LogP contribution in [0.25, 0.3) is 5.69 Å². The van der Waals surface area contributed by atoms with Gasteiger partial charge in [-0.05, 0) is 75.5 Å². The Bertz CT molecular complexity index is 831. The molecule has 0 aliphatic carbocycles. The fraction of sp³-hybridized carbons (Fsp3) is 0.565. The first-order valence-electron chi connectivity index (χ1n) is 11.3. The van der Waals surface area contributed by atoms with Crippen molar-refractivity contribution in [3.8, 4) is 5.69 Å². The lowest BCUT2D eigenvalue weighted by molar-refractivity contribution is 0.281. The lowest BCUT2D eigenvalue weighted by Crippen LogP contribution is -2.41. The Labute approximate surface area is 201 Å². The summed E-state index contributed by atoms with van der Waals surface area (Å²) in [5, 5.41) is 8.07. The molecule has 8 heteroatoms. The fourth-order valence-corrected chi connectivity index (χ4v) is 4.44. The van der Waals surface area contributed by atoms with Crippen molar-refractivity contribution in [2.45, 2.75) is 32.6 Å². The molecule has 170 valence electrons. The molecule has 1 aromatic heterocycles. The van der Waals surface area contributed by atoms with E-state index in [1.54, 1.807) is 16.8 Å². The maximum absolute atomic E-state index is 13.1. The first-order chi connectivity index (χ1) is 14.7. The standard InChI is InChI=1S/C23H33FN6.HI/c1-2-25-23(29-15-10-19(18-29)17-28-13-3-4-14-28)26-12-9-21-11-16-30(27-21)22-7-5-20(24)6-8-22;/h5-8,11,16,19H,2-4,9-10,12-15,17-18H2,1H3,(H,25,26);1H. The molecule has 0 amide bonds. The van der Waals surface area contributed by atoms with Crippen LogP contribution in [0, 0.1) is 11.7 Å². The predicted octanol–water partition coefficient (Wildman–Crippen LogP) is 3.56. The predicted molar refractivity (Wildman–Crippen MR) is 134 cm³/mol. The summed E-state index contributed by atoms with van der Waals surface area (Å²) in [6.07, 6.45) is 6.67. The number of hydrogen-bond donors (Lipinski definition) is 1. The average Bonchev–Trinajstić information content (AvgIpc) is 3.51. The summed E-state index contributed by atoms with van der Waals surface area (Å²) in [6.45, 7) is 9.67. The summed E-state index contributed by atoms with van der Waals surface area (Å²) in [7, 11) is 0. The van der Waals surface area contributed by atoms with Crippen molar-refractivity contribution in [3.05, 3.63) is 48.0 Å². The topological polar surface area (TPSA) is 48.7 Å². The molecule has 1 N–H and O–H groups in total. The van der Waals surface area contributed by atoms with Crippen molar-refractivity contribution in [1.82, 2.24) is 24.9 Å². The second-order valence-corrected chi connectivity index (χ2v) is 8.32. The molecule has 2 aromatic rings. The Morgan fingerprint density at radius 2 is 1.94 bits per heavy atom. The van der Waals surface area contributed by atoms with E-state index in [4.69, 9.17) is 4.99 Å². The molecule has 0 radical (unpaired) electrons. The number of halogens is 2. The highest BCUT2D eigenvalue weighted by molar-refractivity contribution is 14.0. The first-order valence-corrected chi connectivity index (χ1v) is 11.3. The Kier molecular flexibility index (Phi) is 9.13. The minimum Gasteiger partial charge on any atom is -0.357 e. The SMILES string of the molecule is CCNC(=NCCc1ccn(-c2ccc(F)cc2)n1)N1CCC(CN2CCCC2)C1.I. The van der Waals surface area contributed by atoms with Crippen molar-refractivity contribution >= 4 is 29.9 Å². The zero-order chi connectivity index (χ0) is 20.8. The van der Waals surface area contributed by atoms with Crippen molar-refractivity contribution in [1.29, 1.82) is 0 Å². The van der Waals surface area contributed by atoms with Crippen molar-refractivity contribution < 1.29 is 4.39 Å². The van der Waals surface area contributed by atoms with Crippen molar-refractivity contribution in [2.24, 2.45) is 10.9 Å². The number of nitrogens with zero attached hydrogens (tertiary/aromatic N) is 5. The number of hydrogen-bond acceptors (Lipinski definition) is 3. The Hall–Kier alpha value is -1.68. The van der Waals surface area contributed by atoms with E-state index in [1.807, 2.05) is 12.3 Å². The van der Waals surface area contributed by atoms with Gasteiger partial charge in [0.05, 0.1) is 11.4 Å². The first kappa shape index (κ1) is 24.0. The summed E-state index contributed by atoms with van der Waals surface area (Å²) in [5.74, 6) is 1.54. The monoisotopic (exact) mass is 540 g/mol. The van der Waals surface area contributed by atoms with E-state index in [1.165, 1.54) is 51.0 Å². The summed E-state index contributed by atoms with van der Waals surface area (Å²) >= 11 is 0. The minimum absolute atomic E-state index is 0. The van der Waals surface area contributed by atoms with Crippen LogP contribution in [0.1, 0.15) is 31.9 Å². The number of guanidine groups is 1. The largest absolute Gasteiger partial charge is 0.357 e. The molecule has 1 aromatic carbocycles. The summed E-state index contributed by atoms with van der Waals surface area (Å²) in [6, 6.07) is 8.39. The maximum Gasteiger partial charge on any atom is 0.193 e. The van der Waals surface area contributed by atoms with E-state index in [-0.39, 0.29) is 29.8 Å². The van der Waals surface area contributed by atoms with E-state index in [0.717, 1.165) is 49.3 Å². The number of aromatic nitrogens is 2. The Morgan fingerprint density at radius 3 is 2.68 bits per heavy atom. The molecule has 1 atom stereocenters. The fourth-order valence-electron chi connectivity index (χ4n) is 4.44. The molecule has 6 nitrogen and oxygen atoms in total. The van der Waals surface area contributed by atoms with Crippen LogP contribution in [-0.2, 0) is 6.42 Å². The zero-order valence-corrected chi connectivity index (χ0v) is 20.7. The highest BCUT2D eigenvalue weighted by Crippen LogP contribution is 2.20. The van der Waals surface area contributed by atoms with Crippen LogP contribution in [0.5, 0.6) is 0 Å². The van der Waals surface area contributed by atoms with Gasteiger partial charge in [0.15, 0.2) is 5.96 Å². The molecule has 2 aliphatic heterocycles. The van der Waals surface area contributed by atoms with Crippen LogP contribution in [0.3, 0.4) is 0 Å². The Morgan fingerprint density at radius 1 is 1.16 bits per heavy atom. The molecule has 2 fully saturated rings. The van der Waals surface area contributed by atoms with Gasteiger partial charge < -0.3 is 15.1 Å². The number of benzene rings is 1. The van der Waals surface area contributed by atoms with Crippen molar-refractivity contribution in [3.63, 3.8) is 0 Å². The molecular weight excluding hydrogens is 506 g/mol. The van der Waals surface area contributed by atoms with Crippen LogP contribution < -0.4 is 5.32 Å². The lowest BCUT2D eigenvalue weighted by Gasteiger charge is -2.23. The van der Waals surface area contributed by atoms with Gasteiger partial charge in [0.25, 0.3) is 0 Å². The molecule has 0 bridgehead atoms. The second-order valence-electron chi connectivity index (χ2n) is 8.32. The number of rotatable bonds is 7. The third-order valence-electron chi connectivity index (χ3n) is 6.00. The zero-order valence-electron chi connectivity index (χ0n) is 18.3. The molecule has 3 heterocycles. The quantitative estimate of drug-likeness (QED) is 0.332. The summed E-state index contributed by atoms with van der Waals surface area (Å²) in [4.78, 5) is 9.91. The van der Waals surface area contributed by atoms with Gasteiger partial charge in [-0.15, -0.1) is 24.0 Å². The third-order valence-corrected chi connectivity index (χ3v) is 6.00. The third kappa shape index (κ3) is 6.65. The molecule has 31 heavy (non-hydrogen) atoms. The number of aliphatic imine (C=N–C) groups is 1. The van der Waals surface area contributed by atoms with Crippen LogP contribution in [0.4, 0.5) is 4.39 Å². The van der Waals surface area contributed by atoms with Gasteiger partial charge in [-0.3, -0.25) is 4.99 Å². The second kappa shape index (κ2) is 11.8. The molecule has 2 saturated heterocycles. The molecular formula is C23H34FIN6. The van der Waals surface area contributed by atoms with Crippen molar-refractivity contribution in [2.75, 3.05) is 45.8 Å². The molecule has 0 spiro atoms. The maximum atomic E-state index is 13.1. The van der Waals surface area contributed by atoms with E-state index in [2.05, 4.69) is 27.1 Å². The average molecular weight is 540 g/mol. The summed E-state index contributed by atoms with van der Waals surface area (Å²) in [5.41, 5.74) is 1.85. The van der Waals surface area contributed by atoms with Gasteiger partial charge in [-0.2, -0.15) is 5.10 Å². The lowest BCUT2D eigenvalue weighted by atomic mass is 10.1. The van der Waals surface area contributed by atoms with Gasteiger partial charge in [0.2, 0.25) is 0 Å².